The van der Waals surface area contributed by atoms with E-state index >= 15 is 0 Å². The van der Waals surface area contributed by atoms with Gasteiger partial charge in [0.05, 0.1) is 6.04 Å². The van der Waals surface area contributed by atoms with Gasteiger partial charge in [0.1, 0.15) is 6.29 Å². The number of benzene rings is 1. The topological polar surface area (TPSA) is 46.2 Å². The van der Waals surface area contributed by atoms with E-state index in [0.717, 1.165) is 0 Å². The number of aldehydes is 1. The second-order valence-corrected chi connectivity index (χ2v) is 3.13. The highest BCUT2D eigenvalue weighted by molar-refractivity contribution is 7.80. The molecule has 1 N–H and O–H groups in total. The van der Waals surface area contributed by atoms with Gasteiger partial charge in [0.25, 0.3) is 5.91 Å². The fraction of sp³-hybridized carbons (Fsp3) is 0.200. The van der Waals surface area contributed by atoms with Crippen molar-refractivity contribution >= 4 is 24.8 Å². The van der Waals surface area contributed by atoms with Crippen molar-refractivity contribution in [1.82, 2.24) is 5.32 Å². The maximum Gasteiger partial charge on any atom is 0.251 e. The Morgan fingerprint density at radius 1 is 1.43 bits per heavy atom. The molecule has 1 atom stereocenters. The molecule has 1 aromatic rings. The number of rotatable bonds is 4. The molecule has 1 amide bonds. The molecule has 1 rings (SSSR count). The number of carbonyl (C=O) groups is 2. The molecule has 0 aliphatic carbocycles. The lowest BCUT2D eigenvalue weighted by Gasteiger charge is -2.09. The molecule has 0 bridgehead atoms. The minimum atomic E-state index is -0.522. The lowest BCUT2D eigenvalue weighted by atomic mass is 10.2. The highest BCUT2D eigenvalue weighted by atomic mass is 32.1. The SMILES string of the molecule is O=C[C@H](CS)NC(=O)c1ccccc1. The van der Waals surface area contributed by atoms with Gasteiger partial charge in [-0.1, -0.05) is 18.2 Å². The Kier molecular flexibility index (Phi) is 4.19. The summed E-state index contributed by atoms with van der Waals surface area (Å²) in [6, 6.07) is 8.22. The van der Waals surface area contributed by atoms with Crippen LogP contribution in [0.2, 0.25) is 0 Å². The molecule has 0 saturated heterocycles. The van der Waals surface area contributed by atoms with Gasteiger partial charge in [0.15, 0.2) is 0 Å². The molecule has 0 radical (unpaired) electrons. The number of thiol groups is 1. The summed E-state index contributed by atoms with van der Waals surface area (Å²) in [5.41, 5.74) is 0.543. The fourth-order valence-corrected chi connectivity index (χ4v) is 1.14. The van der Waals surface area contributed by atoms with Gasteiger partial charge in [-0.25, -0.2) is 0 Å². The maximum absolute atomic E-state index is 11.5. The number of hydrogen-bond donors (Lipinski definition) is 2. The van der Waals surface area contributed by atoms with Crippen molar-refractivity contribution in [2.24, 2.45) is 0 Å². The van der Waals surface area contributed by atoms with Crippen molar-refractivity contribution in [1.29, 1.82) is 0 Å². The summed E-state index contributed by atoms with van der Waals surface area (Å²) >= 11 is 3.94. The van der Waals surface area contributed by atoms with Gasteiger partial charge in [0, 0.05) is 11.3 Å². The molecule has 74 valence electrons. The van der Waals surface area contributed by atoms with Crippen LogP contribution in [0.1, 0.15) is 10.4 Å². The second kappa shape index (κ2) is 5.44. The molecule has 1 aromatic carbocycles. The Bertz CT molecular complexity index is 313. The lowest BCUT2D eigenvalue weighted by molar-refractivity contribution is -0.109. The molecular weight excluding hydrogens is 198 g/mol. The first-order chi connectivity index (χ1) is 6.77. The van der Waals surface area contributed by atoms with Gasteiger partial charge in [-0.2, -0.15) is 12.6 Å². The number of hydrogen-bond acceptors (Lipinski definition) is 3. The fourth-order valence-electron chi connectivity index (χ4n) is 0.964. The standard InChI is InChI=1S/C10H11NO2S/c12-6-9(7-14)11-10(13)8-4-2-1-3-5-8/h1-6,9,14H,7H2,(H,11,13)/t9-/m1/s1. The van der Waals surface area contributed by atoms with Crippen LogP contribution in [0.25, 0.3) is 0 Å². The summed E-state index contributed by atoms with van der Waals surface area (Å²) in [4.78, 5) is 21.9. The number of carbonyl (C=O) groups excluding carboxylic acids is 2. The largest absolute Gasteiger partial charge is 0.342 e. The number of amides is 1. The molecule has 0 spiro atoms. The van der Waals surface area contributed by atoms with E-state index in [0.29, 0.717) is 17.6 Å². The quantitative estimate of drug-likeness (QED) is 0.572. The van der Waals surface area contributed by atoms with Crippen LogP contribution in [-0.4, -0.2) is 24.0 Å². The summed E-state index contributed by atoms with van der Waals surface area (Å²) in [6.45, 7) is 0. The molecular formula is C10H11NO2S. The predicted octanol–water partition coefficient (Wildman–Crippen LogP) is 0.914. The van der Waals surface area contributed by atoms with Crippen molar-refractivity contribution in [3.8, 4) is 0 Å². The molecule has 0 saturated carbocycles. The molecule has 0 unspecified atom stereocenters. The van der Waals surface area contributed by atoms with Crippen LogP contribution in [0.3, 0.4) is 0 Å². The molecule has 0 heterocycles. The predicted molar refractivity (Wildman–Crippen MR) is 57.6 cm³/mol. The van der Waals surface area contributed by atoms with Crippen LogP contribution in [0.15, 0.2) is 30.3 Å². The summed E-state index contributed by atoms with van der Waals surface area (Å²) in [6.07, 6.45) is 0.674. The van der Waals surface area contributed by atoms with Gasteiger partial charge in [0.2, 0.25) is 0 Å². The normalized spacial score (nSPS) is 11.8. The second-order valence-electron chi connectivity index (χ2n) is 2.76. The maximum atomic E-state index is 11.5. The average molecular weight is 209 g/mol. The van der Waals surface area contributed by atoms with Gasteiger partial charge in [-0.05, 0) is 12.1 Å². The third-order valence-corrected chi connectivity index (χ3v) is 2.11. The van der Waals surface area contributed by atoms with Gasteiger partial charge in [-0.3, -0.25) is 4.79 Å². The Morgan fingerprint density at radius 2 is 2.07 bits per heavy atom. The van der Waals surface area contributed by atoms with Crippen molar-refractivity contribution < 1.29 is 9.59 Å². The molecule has 3 nitrogen and oxygen atoms in total. The van der Waals surface area contributed by atoms with Crippen LogP contribution in [0.5, 0.6) is 0 Å². The van der Waals surface area contributed by atoms with Crippen LogP contribution in [0, 0.1) is 0 Å². The van der Waals surface area contributed by atoms with Crippen LogP contribution < -0.4 is 5.32 Å². The van der Waals surface area contributed by atoms with E-state index in [4.69, 9.17) is 0 Å². The third-order valence-electron chi connectivity index (χ3n) is 1.71. The van der Waals surface area contributed by atoms with Crippen LogP contribution in [0.4, 0.5) is 0 Å². The minimum Gasteiger partial charge on any atom is -0.342 e. The van der Waals surface area contributed by atoms with Gasteiger partial charge >= 0.3 is 0 Å². The van der Waals surface area contributed by atoms with E-state index < -0.39 is 6.04 Å². The number of nitrogens with one attached hydrogen (secondary N) is 1. The van der Waals surface area contributed by atoms with Crippen molar-refractivity contribution in [2.45, 2.75) is 6.04 Å². The van der Waals surface area contributed by atoms with Gasteiger partial charge in [-0.15, -0.1) is 0 Å². The Balaban J connectivity index is 2.63. The zero-order valence-electron chi connectivity index (χ0n) is 7.51. The van der Waals surface area contributed by atoms with Crippen molar-refractivity contribution in [2.75, 3.05) is 5.75 Å². The third kappa shape index (κ3) is 2.88. The molecule has 0 fully saturated rings. The highest BCUT2D eigenvalue weighted by Gasteiger charge is 2.10. The zero-order valence-corrected chi connectivity index (χ0v) is 8.41. The van der Waals surface area contributed by atoms with Crippen LogP contribution >= 0.6 is 12.6 Å². The summed E-state index contributed by atoms with van der Waals surface area (Å²) in [5, 5.41) is 2.55. The smallest absolute Gasteiger partial charge is 0.251 e. The molecule has 0 aliphatic rings. The summed E-state index contributed by atoms with van der Waals surface area (Å²) < 4.78 is 0. The van der Waals surface area contributed by atoms with Crippen molar-refractivity contribution in [3.05, 3.63) is 35.9 Å². The molecule has 0 aromatic heterocycles. The molecule has 4 heteroatoms. The first kappa shape index (κ1) is 10.8. The van der Waals surface area contributed by atoms with Crippen molar-refractivity contribution in [3.63, 3.8) is 0 Å². The highest BCUT2D eigenvalue weighted by Crippen LogP contribution is 1.98. The van der Waals surface area contributed by atoms with Crippen LogP contribution in [-0.2, 0) is 4.79 Å². The monoisotopic (exact) mass is 209 g/mol. The molecule has 0 aliphatic heterocycles. The van der Waals surface area contributed by atoms with E-state index in [2.05, 4.69) is 17.9 Å². The summed E-state index contributed by atoms with van der Waals surface area (Å²) in [7, 11) is 0. The Labute approximate surface area is 87.9 Å². The zero-order chi connectivity index (χ0) is 10.4. The first-order valence-electron chi connectivity index (χ1n) is 4.20. The lowest BCUT2D eigenvalue weighted by Crippen LogP contribution is -2.37. The molecule has 14 heavy (non-hydrogen) atoms. The minimum absolute atomic E-state index is 0.253. The van der Waals surface area contributed by atoms with E-state index in [1.807, 2.05) is 6.07 Å². The first-order valence-corrected chi connectivity index (χ1v) is 4.83. The Hall–Kier alpha value is -1.29. The van der Waals surface area contributed by atoms with E-state index in [1.54, 1.807) is 24.3 Å². The average Bonchev–Trinajstić information content (AvgIpc) is 2.26. The van der Waals surface area contributed by atoms with E-state index in [1.165, 1.54) is 0 Å². The van der Waals surface area contributed by atoms with E-state index in [9.17, 15) is 9.59 Å². The Morgan fingerprint density at radius 3 is 2.57 bits per heavy atom. The summed E-state index contributed by atoms with van der Waals surface area (Å²) in [5.74, 6) is 0.0546. The van der Waals surface area contributed by atoms with E-state index in [-0.39, 0.29) is 5.91 Å². The van der Waals surface area contributed by atoms with Gasteiger partial charge < -0.3 is 10.1 Å².